The monoisotopic (exact) mass is 460 g/mol. The third-order valence-electron chi connectivity index (χ3n) is 4.94. The van der Waals surface area contributed by atoms with Gasteiger partial charge in [0, 0.05) is 24.0 Å². The van der Waals surface area contributed by atoms with E-state index in [0.29, 0.717) is 17.2 Å². The van der Waals surface area contributed by atoms with Crippen LogP contribution in [-0.4, -0.2) is 32.0 Å². The van der Waals surface area contributed by atoms with E-state index >= 15 is 0 Å². The Kier molecular flexibility index (Phi) is 8.02. The molecule has 0 bridgehead atoms. The zero-order valence-corrected chi connectivity index (χ0v) is 19.0. The number of methoxy groups -OCH3 is 3. The zero-order valence-electron chi connectivity index (χ0n) is 19.0. The third kappa shape index (κ3) is 5.60. The summed E-state index contributed by atoms with van der Waals surface area (Å²) >= 11 is 0. The van der Waals surface area contributed by atoms with E-state index in [0.717, 1.165) is 16.8 Å². The molecule has 0 heterocycles. The van der Waals surface area contributed by atoms with Gasteiger partial charge >= 0.3 is 0 Å². The third-order valence-corrected chi connectivity index (χ3v) is 4.94. The lowest BCUT2D eigenvalue weighted by molar-refractivity contribution is -0.385. The molecule has 3 aromatic rings. The number of para-hydroxylation sites is 2. The van der Waals surface area contributed by atoms with Crippen molar-refractivity contribution in [2.24, 2.45) is 0 Å². The van der Waals surface area contributed by atoms with E-state index < -0.39 is 10.7 Å². The molecule has 0 saturated carbocycles. The average molecular weight is 460 g/mol. The summed E-state index contributed by atoms with van der Waals surface area (Å²) in [6, 6.07) is 17.0. The van der Waals surface area contributed by atoms with Crippen LogP contribution in [0.4, 0.5) is 11.4 Å². The van der Waals surface area contributed by atoms with Gasteiger partial charge in [0.25, 0.3) is 5.69 Å². The van der Waals surface area contributed by atoms with Crippen LogP contribution in [0, 0.1) is 10.1 Å². The molecule has 8 nitrogen and oxygen atoms in total. The first-order valence-electron chi connectivity index (χ1n) is 10.3. The minimum absolute atomic E-state index is 0.0288. The van der Waals surface area contributed by atoms with Gasteiger partial charge in [-0.2, -0.15) is 0 Å². The van der Waals surface area contributed by atoms with Crippen LogP contribution in [0.3, 0.4) is 0 Å². The Morgan fingerprint density at radius 1 is 0.912 bits per heavy atom. The van der Waals surface area contributed by atoms with Crippen molar-refractivity contribution in [1.82, 2.24) is 0 Å². The normalized spacial score (nSPS) is 10.9. The highest BCUT2D eigenvalue weighted by molar-refractivity contribution is 6.07. The Bertz CT molecular complexity index is 1220. The van der Waals surface area contributed by atoms with Gasteiger partial charge in [-0.05, 0) is 35.4 Å². The van der Waals surface area contributed by atoms with Gasteiger partial charge in [0.15, 0.2) is 17.3 Å². The van der Waals surface area contributed by atoms with Gasteiger partial charge < -0.3 is 19.5 Å². The smallest absolute Gasteiger partial charge is 0.280 e. The fourth-order valence-corrected chi connectivity index (χ4v) is 3.30. The number of nitrogens with one attached hydrogen (secondary N) is 1. The van der Waals surface area contributed by atoms with Crippen molar-refractivity contribution in [3.63, 3.8) is 0 Å². The van der Waals surface area contributed by atoms with E-state index in [-0.39, 0.29) is 11.3 Å². The second kappa shape index (κ2) is 11.3. The Balaban J connectivity index is 1.80. The van der Waals surface area contributed by atoms with Crippen molar-refractivity contribution in [2.75, 3.05) is 26.6 Å². The molecule has 0 aliphatic carbocycles. The number of ether oxygens (including phenoxy) is 3. The maximum Gasteiger partial charge on any atom is 0.280 e. The molecule has 34 heavy (non-hydrogen) atoms. The predicted octanol–water partition coefficient (Wildman–Crippen LogP) is 5.60. The van der Waals surface area contributed by atoms with Gasteiger partial charge in [-0.15, -0.1) is 0 Å². The van der Waals surface area contributed by atoms with Crippen molar-refractivity contribution in [3.05, 3.63) is 99.7 Å². The summed E-state index contributed by atoms with van der Waals surface area (Å²) < 4.78 is 16.1. The molecule has 3 aromatic carbocycles. The summed E-state index contributed by atoms with van der Waals surface area (Å²) in [6.07, 6.45) is 6.53. The van der Waals surface area contributed by atoms with Gasteiger partial charge in [-0.1, -0.05) is 42.5 Å². The maximum absolute atomic E-state index is 12.4. The van der Waals surface area contributed by atoms with E-state index in [1.807, 2.05) is 48.6 Å². The SMILES string of the molecule is COc1cc(C=Cc2ccccc2NC=CC(=O)c2ccccc2[N+](=O)[O-])cc(OC)c1OC. The summed E-state index contributed by atoms with van der Waals surface area (Å²) in [7, 11) is 4.66. The molecule has 8 heteroatoms. The van der Waals surface area contributed by atoms with Crippen molar-refractivity contribution < 1.29 is 23.9 Å². The number of allylic oxidation sites excluding steroid dienone is 1. The molecule has 1 N–H and O–H groups in total. The number of nitro benzene ring substituents is 1. The largest absolute Gasteiger partial charge is 0.493 e. The highest BCUT2D eigenvalue weighted by Crippen LogP contribution is 2.38. The van der Waals surface area contributed by atoms with Crippen molar-refractivity contribution in [1.29, 1.82) is 0 Å². The molecular formula is C26H24N2O6. The van der Waals surface area contributed by atoms with E-state index in [4.69, 9.17) is 14.2 Å². The summed E-state index contributed by atoms with van der Waals surface area (Å²) in [6.45, 7) is 0. The van der Waals surface area contributed by atoms with Crippen molar-refractivity contribution in [3.8, 4) is 17.2 Å². The Labute approximate surface area is 197 Å². The number of nitrogens with zero attached hydrogens (tertiary/aromatic N) is 1. The van der Waals surface area contributed by atoms with Crippen LogP contribution >= 0.6 is 0 Å². The number of rotatable bonds is 10. The molecule has 0 fully saturated rings. The molecule has 0 atom stereocenters. The first-order valence-corrected chi connectivity index (χ1v) is 10.3. The van der Waals surface area contributed by atoms with Crippen molar-refractivity contribution in [2.45, 2.75) is 0 Å². The lowest BCUT2D eigenvalue weighted by Gasteiger charge is -2.13. The fraction of sp³-hybridized carbons (Fsp3) is 0.115. The number of benzene rings is 3. The molecule has 0 radical (unpaired) electrons. The molecule has 3 rings (SSSR count). The number of anilines is 1. The van der Waals surface area contributed by atoms with E-state index in [9.17, 15) is 14.9 Å². The van der Waals surface area contributed by atoms with Gasteiger partial charge in [-0.25, -0.2) is 0 Å². The molecule has 0 unspecified atom stereocenters. The number of carbonyl (C=O) groups excluding carboxylic acids is 1. The van der Waals surface area contributed by atoms with Crippen molar-refractivity contribution >= 4 is 29.3 Å². The molecule has 174 valence electrons. The summed E-state index contributed by atoms with van der Waals surface area (Å²) in [5.74, 6) is 1.14. The quantitative estimate of drug-likeness (QED) is 0.138. The Morgan fingerprint density at radius 3 is 2.21 bits per heavy atom. The molecule has 0 aliphatic heterocycles. The topological polar surface area (TPSA) is 99.9 Å². The summed E-state index contributed by atoms with van der Waals surface area (Å²) in [5, 5.41) is 14.2. The zero-order chi connectivity index (χ0) is 24.5. The Morgan fingerprint density at radius 2 is 1.56 bits per heavy atom. The summed E-state index contributed by atoms with van der Waals surface area (Å²) in [5.41, 5.74) is 2.25. The maximum atomic E-state index is 12.4. The molecule has 0 saturated heterocycles. The predicted molar refractivity (Wildman–Crippen MR) is 132 cm³/mol. The average Bonchev–Trinajstić information content (AvgIpc) is 2.87. The molecule has 0 aliphatic rings. The number of hydrogen-bond donors (Lipinski definition) is 1. The minimum Gasteiger partial charge on any atom is -0.493 e. The van der Waals surface area contributed by atoms with Crippen LogP contribution in [0.1, 0.15) is 21.5 Å². The lowest BCUT2D eigenvalue weighted by Crippen LogP contribution is -2.02. The van der Waals surface area contributed by atoms with Crippen LogP contribution in [0.5, 0.6) is 17.2 Å². The fourth-order valence-electron chi connectivity index (χ4n) is 3.30. The van der Waals surface area contributed by atoms with E-state index in [2.05, 4.69) is 5.32 Å². The first kappa shape index (κ1) is 24.1. The number of nitro groups is 1. The van der Waals surface area contributed by atoms with Gasteiger partial charge in [-0.3, -0.25) is 14.9 Å². The molecule has 0 aromatic heterocycles. The lowest BCUT2D eigenvalue weighted by atomic mass is 10.1. The number of hydrogen-bond acceptors (Lipinski definition) is 7. The van der Waals surface area contributed by atoms with Crippen LogP contribution in [-0.2, 0) is 0 Å². The van der Waals surface area contributed by atoms with Crippen LogP contribution in [0.2, 0.25) is 0 Å². The minimum atomic E-state index is -0.572. The second-order valence-electron chi connectivity index (χ2n) is 7.00. The van der Waals surface area contributed by atoms with Crippen LogP contribution in [0.15, 0.2) is 72.9 Å². The highest BCUT2D eigenvalue weighted by Gasteiger charge is 2.17. The Hall–Kier alpha value is -4.59. The number of carbonyl (C=O) groups is 1. The van der Waals surface area contributed by atoms with E-state index in [1.54, 1.807) is 27.4 Å². The first-order chi connectivity index (χ1) is 16.5. The molecular weight excluding hydrogens is 436 g/mol. The van der Waals surface area contributed by atoms with Gasteiger partial charge in [0.2, 0.25) is 5.75 Å². The summed E-state index contributed by atoms with van der Waals surface area (Å²) in [4.78, 5) is 23.0. The number of ketones is 1. The molecule has 0 spiro atoms. The second-order valence-corrected chi connectivity index (χ2v) is 7.00. The van der Waals surface area contributed by atoms with Gasteiger partial charge in [0.1, 0.15) is 0 Å². The standard InChI is InChI=1S/C26H24N2O6/c1-32-24-16-18(17-25(33-2)26(24)34-3)12-13-19-8-4-6-10-21(19)27-15-14-23(29)20-9-5-7-11-22(20)28(30)31/h4-17,27H,1-3H3. The van der Waals surface area contributed by atoms with Gasteiger partial charge in [0.05, 0.1) is 31.8 Å². The highest BCUT2D eigenvalue weighted by atomic mass is 16.6. The molecule has 0 amide bonds. The van der Waals surface area contributed by atoms with Crippen LogP contribution < -0.4 is 19.5 Å². The van der Waals surface area contributed by atoms with Crippen LogP contribution in [0.25, 0.3) is 12.2 Å². The van der Waals surface area contributed by atoms with E-state index in [1.165, 1.54) is 30.5 Å².